The molecule has 0 aromatic carbocycles. The summed E-state index contributed by atoms with van der Waals surface area (Å²) in [6, 6.07) is 1.44. The minimum Gasteiger partial charge on any atom is -0.340 e. The van der Waals surface area contributed by atoms with Gasteiger partial charge in [-0.15, -0.1) is 0 Å². The molecule has 0 aliphatic carbocycles. The largest absolute Gasteiger partial charge is 0.340 e. The predicted molar refractivity (Wildman–Crippen MR) is 85.9 cm³/mol. The maximum atomic E-state index is 3.77. The minimum atomic E-state index is -0.0404. The highest BCUT2D eigenvalue weighted by Crippen LogP contribution is 2.05. The van der Waals surface area contributed by atoms with Crippen LogP contribution in [0.15, 0.2) is 0 Å². The zero-order chi connectivity index (χ0) is 13.8. The Labute approximate surface area is 117 Å². The average Bonchev–Trinajstić information content (AvgIpc) is 2.40. The first-order valence-electron chi connectivity index (χ1n) is 7.93. The molecule has 0 rings (SSSR count). The van der Waals surface area contributed by atoms with Crippen LogP contribution in [0.25, 0.3) is 0 Å². The second-order valence-corrected chi connectivity index (χ2v) is 6.54. The van der Waals surface area contributed by atoms with Gasteiger partial charge in [-0.2, -0.15) is 0 Å². The van der Waals surface area contributed by atoms with Crippen LogP contribution < -0.4 is 4.98 Å². The molecular weight excluding hydrogens is 238 g/mol. The predicted octanol–water partition coefficient (Wildman–Crippen LogP) is 1.89. The lowest BCUT2D eigenvalue weighted by Gasteiger charge is -2.38. The summed E-state index contributed by atoms with van der Waals surface area (Å²) in [7, 11) is -0.0404. The smallest absolute Gasteiger partial charge is 0.0917 e. The van der Waals surface area contributed by atoms with Crippen molar-refractivity contribution in [1.29, 1.82) is 0 Å². The molecule has 0 spiro atoms. The van der Waals surface area contributed by atoms with Crippen molar-refractivity contribution in [1.82, 2.24) is 14.8 Å². The SMILES string of the molecule is CCCC[SiH2]NCC(N(CC)CC)N(CC)CC. The first-order chi connectivity index (χ1) is 8.74. The zero-order valence-corrected chi connectivity index (χ0v) is 14.7. The fraction of sp³-hybridized carbons (Fsp3) is 1.00. The van der Waals surface area contributed by atoms with Crippen molar-refractivity contribution >= 4 is 9.68 Å². The molecule has 18 heavy (non-hydrogen) atoms. The van der Waals surface area contributed by atoms with Gasteiger partial charge in [0.15, 0.2) is 0 Å². The van der Waals surface area contributed by atoms with Crippen LogP contribution in [-0.2, 0) is 0 Å². The number of unbranched alkanes of at least 4 members (excludes halogenated alkanes) is 1. The molecule has 0 unspecified atom stereocenters. The Morgan fingerprint density at radius 3 is 1.78 bits per heavy atom. The molecule has 0 aromatic rings. The third-order valence-corrected chi connectivity index (χ3v) is 5.25. The molecular formula is C14H35N3Si. The van der Waals surface area contributed by atoms with Crippen LogP contribution in [0.3, 0.4) is 0 Å². The molecule has 0 saturated carbocycles. The molecule has 0 saturated heterocycles. The van der Waals surface area contributed by atoms with Gasteiger partial charge >= 0.3 is 0 Å². The highest BCUT2D eigenvalue weighted by Gasteiger charge is 2.20. The number of hydrogen-bond acceptors (Lipinski definition) is 3. The highest BCUT2D eigenvalue weighted by molar-refractivity contribution is 6.32. The third-order valence-electron chi connectivity index (χ3n) is 3.75. The van der Waals surface area contributed by atoms with Crippen molar-refractivity contribution in [3.8, 4) is 0 Å². The quantitative estimate of drug-likeness (QED) is 0.333. The van der Waals surface area contributed by atoms with Crippen LogP contribution in [-0.4, -0.2) is 58.4 Å². The molecule has 0 aliphatic rings. The lowest BCUT2D eigenvalue weighted by molar-refractivity contribution is 0.0605. The van der Waals surface area contributed by atoms with Crippen molar-refractivity contribution in [2.45, 2.75) is 59.7 Å². The van der Waals surface area contributed by atoms with Gasteiger partial charge in [0.2, 0.25) is 0 Å². The molecule has 0 atom stereocenters. The van der Waals surface area contributed by atoms with E-state index in [1.54, 1.807) is 0 Å². The number of rotatable bonds is 12. The number of nitrogens with zero attached hydrogens (tertiary/aromatic N) is 2. The highest BCUT2D eigenvalue weighted by atomic mass is 28.2. The first kappa shape index (κ1) is 18.1. The molecule has 0 heterocycles. The molecule has 0 radical (unpaired) electrons. The molecule has 1 N–H and O–H groups in total. The summed E-state index contributed by atoms with van der Waals surface area (Å²) < 4.78 is 0. The maximum Gasteiger partial charge on any atom is 0.0917 e. The topological polar surface area (TPSA) is 18.5 Å². The zero-order valence-electron chi connectivity index (χ0n) is 13.3. The van der Waals surface area contributed by atoms with E-state index in [1.165, 1.54) is 18.9 Å². The monoisotopic (exact) mass is 273 g/mol. The lowest BCUT2D eigenvalue weighted by atomic mass is 10.3. The van der Waals surface area contributed by atoms with Crippen molar-refractivity contribution < 1.29 is 0 Å². The number of hydrogen-bond donors (Lipinski definition) is 1. The van der Waals surface area contributed by atoms with E-state index in [0.717, 1.165) is 32.7 Å². The molecule has 110 valence electrons. The number of nitrogens with one attached hydrogen (secondary N) is 1. The summed E-state index contributed by atoms with van der Waals surface area (Å²) in [6.07, 6.45) is 3.33. The summed E-state index contributed by atoms with van der Waals surface area (Å²) in [6.45, 7) is 17.1. The number of likely N-dealkylation sites (N-methyl/N-ethyl adjacent to an activating group) is 2. The van der Waals surface area contributed by atoms with Gasteiger partial charge in [-0.25, -0.2) is 0 Å². The van der Waals surface area contributed by atoms with Crippen LogP contribution in [0.5, 0.6) is 0 Å². The lowest BCUT2D eigenvalue weighted by Crippen LogP contribution is -2.53. The van der Waals surface area contributed by atoms with E-state index in [0.29, 0.717) is 6.17 Å². The van der Waals surface area contributed by atoms with E-state index in [-0.39, 0.29) is 9.68 Å². The first-order valence-corrected chi connectivity index (χ1v) is 9.64. The van der Waals surface area contributed by atoms with Crippen LogP contribution in [0.2, 0.25) is 6.04 Å². The van der Waals surface area contributed by atoms with Crippen LogP contribution in [0.1, 0.15) is 47.5 Å². The molecule has 0 bridgehead atoms. The van der Waals surface area contributed by atoms with Gasteiger partial charge in [0.1, 0.15) is 0 Å². The third kappa shape index (κ3) is 6.88. The normalized spacial score (nSPS) is 12.7. The summed E-state index contributed by atoms with van der Waals surface area (Å²) >= 11 is 0. The van der Waals surface area contributed by atoms with Gasteiger partial charge in [-0.3, -0.25) is 9.80 Å². The van der Waals surface area contributed by atoms with Gasteiger partial charge in [0.05, 0.1) is 15.8 Å². The van der Waals surface area contributed by atoms with E-state index in [9.17, 15) is 0 Å². The van der Waals surface area contributed by atoms with Crippen molar-refractivity contribution in [2.75, 3.05) is 32.7 Å². The van der Waals surface area contributed by atoms with Gasteiger partial charge in [0, 0.05) is 6.54 Å². The molecule has 0 aliphatic heterocycles. The van der Waals surface area contributed by atoms with E-state index >= 15 is 0 Å². The molecule has 3 nitrogen and oxygen atoms in total. The van der Waals surface area contributed by atoms with E-state index in [2.05, 4.69) is 49.4 Å². The van der Waals surface area contributed by atoms with Crippen molar-refractivity contribution in [3.63, 3.8) is 0 Å². The summed E-state index contributed by atoms with van der Waals surface area (Å²) in [5.74, 6) is 0. The molecule has 4 heteroatoms. The van der Waals surface area contributed by atoms with Crippen molar-refractivity contribution in [3.05, 3.63) is 0 Å². The Bertz CT molecular complexity index is 158. The molecule has 0 amide bonds. The van der Waals surface area contributed by atoms with Crippen LogP contribution in [0.4, 0.5) is 0 Å². The van der Waals surface area contributed by atoms with E-state index < -0.39 is 0 Å². The standard InChI is InChI=1S/C14H35N3Si/c1-6-11-12-18-15-13-14(16(7-2)8-3)17(9-4)10-5/h14-15H,6-13,18H2,1-5H3. The second-order valence-electron chi connectivity index (χ2n) is 4.83. The van der Waals surface area contributed by atoms with E-state index in [1.807, 2.05) is 0 Å². The molecule has 0 fully saturated rings. The Morgan fingerprint density at radius 2 is 1.39 bits per heavy atom. The van der Waals surface area contributed by atoms with Gasteiger partial charge in [0.25, 0.3) is 0 Å². The molecule has 0 aromatic heterocycles. The van der Waals surface area contributed by atoms with Gasteiger partial charge in [-0.1, -0.05) is 47.5 Å². The maximum absolute atomic E-state index is 3.77. The van der Waals surface area contributed by atoms with Crippen LogP contribution >= 0.6 is 0 Å². The van der Waals surface area contributed by atoms with Gasteiger partial charge < -0.3 is 4.98 Å². The average molecular weight is 274 g/mol. The van der Waals surface area contributed by atoms with Gasteiger partial charge in [-0.05, 0) is 32.2 Å². The minimum absolute atomic E-state index is 0.0404. The fourth-order valence-corrected chi connectivity index (χ4v) is 3.97. The summed E-state index contributed by atoms with van der Waals surface area (Å²) in [5.41, 5.74) is 0. The van der Waals surface area contributed by atoms with Crippen LogP contribution in [0, 0.1) is 0 Å². The fourth-order valence-electron chi connectivity index (χ4n) is 2.51. The Hall–Kier alpha value is 0.0969. The van der Waals surface area contributed by atoms with E-state index in [4.69, 9.17) is 0 Å². The second kappa shape index (κ2) is 12.1. The van der Waals surface area contributed by atoms with Crippen molar-refractivity contribution in [2.24, 2.45) is 0 Å². The summed E-state index contributed by atoms with van der Waals surface area (Å²) in [5, 5.41) is 0. The summed E-state index contributed by atoms with van der Waals surface area (Å²) in [4.78, 5) is 8.93. The Balaban J connectivity index is 4.19. The Morgan fingerprint density at radius 1 is 0.889 bits per heavy atom. The Kier molecular flexibility index (Phi) is 12.2.